The van der Waals surface area contributed by atoms with Crippen molar-refractivity contribution in [1.82, 2.24) is 0 Å². The van der Waals surface area contributed by atoms with E-state index >= 15 is 0 Å². The molecule has 2 aromatic rings. The molecule has 0 fully saturated rings. The van der Waals surface area contributed by atoms with Gasteiger partial charge in [0, 0.05) is 0 Å². The third-order valence-corrected chi connectivity index (χ3v) is 2.69. The molecule has 0 heterocycles. The van der Waals surface area contributed by atoms with Gasteiger partial charge in [-0.25, -0.2) is 8.78 Å². The summed E-state index contributed by atoms with van der Waals surface area (Å²) in [6.07, 6.45) is 0. The minimum Gasteiger partial charge on any atom is -0.482 e. The normalized spacial score (nSPS) is 10.3. The van der Waals surface area contributed by atoms with Gasteiger partial charge >= 0.3 is 0 Å². The van der Waals surface area contributed by atoms with Crippen LogP contribution in [0.3, 0.4) is 0 Å². The van der Waals surface area contributed by atoms with E-state index in [9.17, 15) is 13.6 Å². The average Bonchev–Trinajstić information content (AvgIpc) is 2.40. The lowest BCUT2D eigenvalue weighted by Gasteiger charge is -2.08. The summed E-state index contributed by atoms with van der Waals surface area (Å²) in [7, 11) is 0. The van der Waals surface area contributed by atoms with Gasteiger partial charge in [-0.3, -0.25) is 4.79 Å². The molecule has 0 amide bonds. The van der Waals surface area contributed by atoms with E-state index in [1.807, 2.05) is 0 Å². The molecule has 0 atom stereocenters. The number of Topliss-reactive ketones (excluding diaryl/α,β-unsaturated/α-hetero) is 1. The van der Waals surface area contributed by atoms with Crippen LogP contribution in [0.2, 0.25) is 0 Å². The van der Waals surface area contributed by atoms with Crippen LogP contribution >= 0.6 is 0 Å². The Kier molecular flexibility index (Phi) is 3.90. The van der Waals surface area contributed by atoms with Crippen molar-refractivity contribution in [2.24, 2.45) is 0 Å². The maximum absolute atomic E-state index is 13.6. The van der Waals surface area contributed by atoms with Crippen LogP contribution in [0.25, 0.3) is 0 Å². The molecule has 2 aromatic carbocycles. The van der Waals surface area contributed by atoms with E-state index in [0.717, 1.165) is 0 Å². The number of hydrogen-bond donors (Lipinski definition) is 0. The van der Waals surface area contributed by atoms with Crippen molar-refractivity contribution in [2.75, 3.05) is 6.61 Å². The highest BCUT2D eigenvalue weighted by molar-refractivity contribution is 5.97. The summed E-state index contributed by atoms with van der Waals surface area (Å²) in [5, 5.41) is 0. The van der Waals surface area contributed by atoms with E-state index in [1.54, 1.807) is 25.1 Å². The van der Waals surface area contributed by atoms with Crippen molar-refractivity contribution in [3.8, 4) is 5.75 Å². The second kappa shape index (κ2) is 5.61. The molecule has 0 unspecified atom stereocenters. The molecule has 0 bridgehead atoms. The van der Waals surface area contributed by atoms with Crippen molar-refractivity contribution in [3.63, 3.8) is 0 Å². The summed E-state index contributed by atoms with van der Waals surface area (Å²) in [5.74, 6) is -1.66. The summed E-state index contributed by atoms with van der Waals surface area (Å²) in [5.41, 5.74) is 0.367. The SMILES string of the molecule is Cc1cccc(OCC(=O)c2ccccc2F)c1F. The number of ether oxygens (including phenoxy) is 1. The Labute approximate surface area is 109 Å². The Bertz CT molecular complexity index is 609. The lowest BCUT2D eigenvalue weighted by Crippen LogP contribution is -2.13. The first-order chi connectivity index (χ1) is 9.09. The molecule has 0 saturated carbocycles. The molecular weight excluding hydrogens is 250 g/mol. The molecule has 2 rings (SSSR count). The quantitative estimate of drug-likeness (QED) is 0.788. The van der Waals surface area contributed by atoms with Gasteiger partial charge in [0.2, 0.25) is 5.78 Å². The first-order valence-electron chi connectivity index (χ1n) is 5.75. The van der Waals surface area contributed by atoms with Gasteiger partial charge in [-0.05, 0) is 30.7 Å². The highest BCUT2D eigenvalue weighted by Crippen LogP contribution is 2.20. The second-order valence-corrected chi connectivity index (χ2v) is 4.08. The summed E-state index contributed by atoms with van der Waals surface area (Å²) >= 11 is 0. The highest BCUT2D eigenvalue weighted by Gasteiger charge is 2.13. The summed E-state index contributed by atoms with van der Waals surface area (Å²) in [6, 6.07) is 10.3. The van der Waals surface area contributed by atoms with Crippen LogP contribution in [0.5, 0.6) is 5.75 Å². The lowest BCUT2D eigenvalue weighted by atomic mass is 10.1. The van der Waals surface area contributed by atoms with Crippen molar-refractivity contribution < 1.29 is 18.3 Å². The molecule has 98 valence electrons. The second-order valence-electron chi connectivity index (χ2n) is 4.08. The number of hydrogen-bond acceptors (Lipinski definition) is 2. The summed E-state index contributed by atoms with van der Waals surface area (Å²) in [6.45, 7) is 1.20. The van der Waals surface area contributed by atoms with E-state index in [1.165, 1.54) is 24.3 Å². The van der Waals surface area contributed by atoms with Gasteiger partial charge in [-0.2, -0.15) is 0 Å². The van der Waals surface area contributed by atoms with Crippen LogP contribution in [0.15, 0.2) is 42.5 Å². The molecule has 0 aliphatic heterocycles. The standard InChI is InChI=1S/C15H12F2O2/c1-10-5-4-8-14(15(10)17)19-9-13(18)11-6-2-3-7-12(11)16/h2-8H,9H2,1H3. The molecule has 0 spiro atoms. The van der Waals surface area contributed by atoms with Gasteiger partial charge in [0.15, 0.2) is 18.2 Å². The molecule has 0 aliphatic carbocycles. The topological polar surface area (TPSA) is 26.3 Å². The molecule has 0 saturated heterocycles. The summed E-state index contributed by atoms with van der Waals surface area (Å²) < 4.78 is 32.1. The Morgan fingerprint density at radius 1 is 1.11 bits per heavy atom. The fourth-order valence-electron chi connectivity index (χ4n) is 1.64. The minimum absolute atomic E-state index is 0.00955. The summed E-state index contributed by atoms with van der Waals surface area (Å²) in [4.78, 5) is 11.7. The van der Waals surface area contributed by atoms with Crippen LogP contribution in [0, 0.1) is 18.6 Å². The van der Waals surface area contributed by atoms with Crippen molar-refractivity contribution in [3.05, 3.63) is 65.2 Å². The van der Waals surface area contributed by atoms with Gasteiger partial charge in [-0.1, -0.05) is 24.3 Å². The number of benzene rings is 2. The number of ketones is 1. The zero-order chi connectivity index (χ0) is 13.8. The Hall–Kier alpha value is -2.23. The maximum Gasteiger partial charge on any atom is 0.203 e. The predicted molar refractivity (Wildman–Crippen MR) is 67.4 cm³/mol. The van der Waals surface area contributed by atoms with Crippen molar-refractivity contribution in [2.45, 2.75) is 6.92 Å². The largest absolute Gasteiger partial charge is 0.482 e. The lowest BCUT2D eigenvalue weighted by molar-refractivity contribution is 0.0914. The average molecular weight is 262 g/mol. The van der Waals surface area contributed by atoms with E-state index < -0.39 is 24.0 Å². The van der Waals surface area contributed by atoms with Gasteiger partial charge < -0.3 is 4.74 Å². The number of carbonyl (C=O) groups is 1. The Morgan fingerprint density at radius 3 is 2.58 bits per heavy atom. The molecule has 0 radical (unpaired) electrons. The zero-order valence-electron chi connectivity index (χ0n) is 10.3. The van der Waals surface area contributed by atoms with E-state index in [2.05, 4.69) is 0 Å². The van der Waals surface area contributed by atoms with E-state index in [0.29, 0.717) is 5.56 Å². The van der Waals surface area contributed by atoms with Crippen LogP contribution < -0.4 is 4.74 Å². The minimum atomic E-state index is -0.610. The molecule has 0 aliphatic rings. The van der Waals surface area contributed by atoms with Gasteiger partial charge in [0.05, 0.1) is 5.56 Å². The Morgan fingerprint density at radius 2 is 1.84 bits per heavy atom. The molecule has 19 heavy (non-hydrogen) atoms. The number of carbonyl (C=O) groups excluding carboxylic acids is 1. The first kappa shape index (κ1) is 13.2. The highest BCUT2D eigenvalue weighted by atomic mass is 19.1. The smallest absolute Gasteiger partial charge is 0.203 e. The van der Waals surface area contributed by atoms with Gasteiger partial charge in [0.25, 0.3) is 0 Å². The van der Waals surface area contributed by atoms with E-state index in [4.69, 9.17) is 4.74 Å². The first-order valence-corrected chi connectivity index (χ1v) is 5.75. The molecule has 2 nitrogen and oxygen atoms in total. The van der Waals surface area contributed by atoms with Crippen LogP contribution in [0.4, 0.5) is 8.78 Å². The van der Waals surface area contributed by atoms with E-state index in [-0.39, 0.29) is 11.3 Å². The third kappa shape index (κ3) is 2.96. The number of rotatable bonds is 4. The molecule has 0 N–H and O–H groups in total. The van der Waals surface area contributed by atoms with Crippen molar-refractivity contribution in [1.29, 1.82) is 0 Å². The van der Waals surface area contributed by atoms with Crippen LogP contribution in [-0.4, -0.2) is 12.4 Å². The van der Waals surface area contributed by atoms with Gasteiger partial charge in [-0.15, -0.1) is 0 Å². The van der Waals surface area contributed by atoms with Crippen LogP contribution in [0.1, 0.15) is 15.9 Å². The third-order valence-electron chi connectivity index (χ3n) is 2.69. The van der Waals surface area contributed by atoms with Gasteiger partial charge in [0.1, 0.15) is 5.82 Å². The molecular formula is C15H12F2O2. The monoisotopic (exact) mass is 262 g/mol. The maximum atomic E-state index is 13.6. The fourth-order valence-corrected chi connectivity index (χ4v) is 1.64. The number of halogens is 2. The number of aryl methyl sites for hydroxylation is 1. The predicted octanol–water partition coefficient (Wildman–Crippen LogP) is 3.53. The molecule has 0 aromatic heterocycles. The van der Waals surface area contributed by atoms with Crippen molar-refractivity contribution >= 4 is 5.78 Å². The fraction of sp³-hybridized carbons (Fsp3) is 0.133. The van der Waals surface area contributed by atoms with Crippen LogP contribution in [-0.2, 0) is 0 Å². The molecule has 4 heteroatoms. The Balaban J connectivity index is 2.09. The zero-order valence-corrected chi connectivity index (χ0v) is 10.3.